The molecule has 0 radical (unpaired) electrons. The lowest BCUT2D eigenvalue weighted by Crippen LogP contribution is -2.26. The van der Waals surface area contributed by atoms with Gasteiger partial charge >= 0.3 is 11.1 Å². The molecule has 0 saturated carbocycles. The zero-order valence-corrected chi connectivity index (χ0v) is 5.78. The Labute approximate surface area is 58.7 Å². The van der Waals surface area contributed by atoms with Gasteiger partial charge < -0.3 is 4.42 Å². The second kappa shape index (κ2) is 1.84. The summed E-state index contributed by atoms with van der Waals surface area (Å²) in [7, 11) is 2.02. The highest BCUT2D eigenvalue weighted by atomic mass is 16.3. The van der Waals surface area contributed by atoms with Crippen LogP contribution in [0.3, 0.4) is 0 Å². The van der Waals surface area contributed by atoms with Gasteiger partial charge in [-0.05, 0) is 0 Å². The Bertz CT molecular complexity index is 351. The molecule has 2 nitrogen and oxygen atoms in total. The molecule has 2 heterocycles. The molecule has 2 rings (SSSR count). The minimum atomic E-state index is 1.06. The molecule has 0 amide bonds. The Morgan fingerprint density at radius 3 is 3.10 bits per heavy atom. The van der Waals surface area contributed by atoms with Crippen LogP contribution in [-0.4, -0.2) is 0 Å². The number of pyridine rings is 1. The van der Waals surface area contributed by atoms with E-state index in [9.17, 15) is 0 Å². The van der Waals surface area contributed by atoms with Crippen molar-refractivity contribution in [1.29, 1.82) is 0 Å². The van der Waals surface area contributed by atoms with Gasteiger partial charge in [-0.25, -0.2) is 0 Å². The van der Waals surface area contributed by atoms with Crippen molar-refractivity contribution in [2.75, 3.05) is 0 Å². The third kappa shape index (κ3) is 0.620. The van der Waals surface area contributed by atoms with Gasteiger partial charge in [0.05, 0.1) is 0 Å². The van der Waals surface area contributed by atoms with Crippen LogP contribution in [0.2, 0.25) is 0 Å². The number of furan rings is 1. The zero-order valence-electron chi connectivity index (χ0n) is 5.78. The van der Waals surface area contributed by atoms with Crippen LogP contribution in [0.25, 0.3) is 11.1 Å². The molecule has 0 spiro atoms. The van der Waals surface area contributed by atoms with E-state index in [1.165, 1.54) is 5.52 Å². The average Bonchev–Trinajstić information content (AvgIpc) is 2.36. The topological polar surface area (TPSA) is 16.7 Å². The molecule has 0 aliphatic carbocycles. The molecular weight excluding hydrogens is 126 g/mol. The van der Waals surface area contributed by atoms with Gasteiger partial charge in [-0.3, -0.25) is 0 Å². The van der Waals surface area contributed by atoms with Crippen LogP contribution in [0, 0.1) is 0 Å². The number of fused-ring (bicyclic) bond motifs is 1. The van der Waals surface area contributed by atoms with Crippen molar-refractivity contribution in [3.05, 3.63) is 30.7 Å². The summed E-state index contributed by atoms with van der Waals surface area (Å²) in [6, 6.07) is 6.01. The van der Waals surface area contributed by atoms with Gasteiger partial charge in [0.25, 0.3) is 0 Å². The summed E-state index contributed by atoms with van der Waals surface area (Å²) in [5, 5.41) is 0. The molecule has 0 aromatic carbocycles. The smallest absolute Gasteiger partial charge is 0.333 e. The van der Waals surface area contributed by atoms with Gasteiger partial charge in [0.2, 0.25) is 6.26 Å². The van der Waals surface area contributed by atoms with E-state index in [2.05, 4.69) is 8.98 Å². The minimum absolute atomic E-state index is 1.06. The van der Waals surface area contributed by atoms with Crippen LogP contribution in [0.4, 0.5) is 0 Å². The molecule has 1 N–H and O–H groups in total. The summed E-state index contributed by atoms with van der Waals surface area (Å²) >= 11 is 0. The van der Waals surface area contributed by atoms with Crippen LogP contribution in [0.5, 0.6) is 0 Å². The van der Waals surface area contributed by atoms with Crippen molar-refractivity contribution in [2.45, 2.75) is 0 Å². The summed E-state index contributed by atoms with van der Waals surface area (Å²) < 4.78 is 6.22. The van der Waals surface area contributed by atoms with E-state index in [-0.39, 0.29) is 0 Å². The molecule has 0 unspecified atom stereocenters. The molecule has 0 bridgehead atoms. The molecule has 0 saturated heterocycles. The SMILES string of the molecule is C[n+]1cccc2[oH+]ccc21. The molecule has 2 heteroatoms. The lowest BCUT2D eigenvalue weighted by Gasteiger charge is -1.81. The average molecular weight is 135 g/mol. The quantitative estimate of drug-likeness (QED) is 0.383. The summed E-state index contributed by atoms with van der Waals surface area (Å²) in [4.78, 5) is 0. The van der Waals surface area contributed by atoms with Gasteiger partial charge in [0.15, 0.2) is 6.20 Å². The highest BCUT2D eigenvalue weighted by Crippen LogP contribution is 2.08. The molecular formula is C8H9NO+2. The fraction of sp³-hybridized carbons (Fsp3) is 0.125. The van der Waals surface area contributed by atoms with Crippen molar-refractivity contribution in [1.82, 2.24) is 0 Å². The molecule has 50 valence electrons. The van der Waals surface area contributed by atoms with Gasteiger partial charge in [-0.15, -0.1) is 0 Å². The van der Waals surface area contributed by atoms with E-state index in [0.717, 1.165) is 5.58 Å². The zero-order chi connectivity index (χ0) is 6.97. The number of nitrogens with zero attached hydrogens (tertiary/aromatic N) is 1. The van der Waals surface area contributed by atoms with Crippen LogP contribution < -0.4 is 4.57 Å². The van der Waals surface area contributed by atoms with Crippen LogP contribution >= 0.6 is 0 Å². The van der Waals surface area contributed by atoms with Crippen molar-refractivity contribution in [3.63, 3.8) is 0 Å². The van der Waals surface area contributed by atoms with Crippen molar-refractivity contribution in [2.24, 2.45) is 7.05 Å². The Kier molecular flexibility index (Phi) is 1.01. The van der Waals surface area contributed by atoms with Crippen molar-refractivity contribution >= 4 is 11.1 Å². The first-order valence-electron chi connectivity index (χ1n) is 3.24. The third-order valence-corrected chi connectivity index (χ3v) is 1.65. The molecule has 0 aliphatic heterocycles. The number of hydrogen-bond donors (Lipinski definition) is 0. The van der Waals surface area contributed by atoms with E-state index in [0.29, 0.717) is 0 Å². The Morgan fingerprint density at radius 1 is 1.40 bits per heavy atom. The summed E-state index contributed by atoms with van der Waals surface area (Å²) in [5.41, 5.74) is 2.24. The monoisotopic (exact) mass is 135 g/mol. The van der Waals surface area contributed by atoms with E-state index in [1.54, 1.807) is 0 Å². The largest absolute Gasteiger partial charge is 0.547 e. The molecule has 10 heavy (non-hydrogen) atoms. The normalized spacial score (nSPS) is 10.5. The lowest BCUT2D eigenvalue weighted by atomic mass is 10.4. The predicted molar refractivity (Wildman–Crippen MR) is 38.5 cm³/mol. The fourth-order valence-electron chi connectivity index (χ4n) is 1.11. The first-order chi connectivity index (χ1) is 4.88. The first kappa shape index (κ1) is 5.47. The molecule has 0 aliphatic rings. The highest BCUT2D eigenvalue weighted by molar-refractivity contribution is 5.67. The van der Waals surface area contributed by atoms with Crippen LogP contribution in [0.1, 0.15) is 0 Å². The molecule has 0 atom stereocenters. The van der Waals surface area contributed by atoms with Gasteiger partial charge in [0, 0.05) is 12.1 Å². The lowest BCUT2D eigenvalue weighted by molar-refractivity contribution is -0.644. The van der Waals surface area contributed by atoms with E-state index in [4.69, 9.17) is 0 Å². The summed E-state index contributed by atoms with van der Waals surface area (Å²) in [5.74, 6) is 0. The fourth-order valence-corrected chi connectivity index (χ4v) is 1.11. The van der Waals surface area contributed by atoms with E-state index in [1.807, 2.05) is 37.7 Å². The first-order valence-corrected chi connectivity index (χ1v) is 3.24. The third-order valence-electron chi connectivity index (χ3n) is 1.65. The summed E-state index contributed by atoms with van der Waals surface area (Å²) in [6.07, 6.45) is 3.84. The maximum atomic E-state index is 4.16. The summed E-state index contributed by atoms with van der Waals surface area (Å²) in [6.45, 7) is 0. The number of aryl methyl sites for hydroxylation is 1. The Hall–Kier alpha value is -1.31. The standard InChI is InChI=1S/C8H8NO/c1-9-5-2-3-8-7(9)4-6-10-8/h2-6H,1H3/q+1/p+1. The van der Waals surface area contributed by atoms with Crippen molar-refractivity contribution < 1.29 is 8.98 Å². The Balaban J connectivity index is 2.95. The Morgan fingerprint density at radius 2 is 2.30 bits per heavy atom. The second-order valence-corrected chi connectivity index (χ2v) is 2.33. The van der Waals surface area contributed by atoms with E-state index < -0.39 is 0 Å². The highest BCUT2D eigenvalue weighted by Gasteiger charge is 2.09. The van der Waals surface area contributed by atoms with Gasteiger partial charge in [0.1, 0.15) is 13.1 Å². The van der Waals surface area contributed by atoms with Gasteiger partial charge in [-0.2, -0.15) is 4.57 Å². The minimum Gasteiger partial charge on any atom is -0.547 e. The number of aromatic nitrogens is 1. The molecule has 0 fully saturated rings. The molecule has 2 aromatic rings. The van der Waals surface area contributed by atoms with Crippen LogP contribution in [-0.2, 0) is 7.05 Å². The van der Waals surface area contributed by atoms with Crippen molar-refractivity contribution in [3.8, 4) is 0 Å². The maximum Gasteiger partial charge on any atom is 0.333 e. The number of hydrogen-bond acceptors (Lipinski definition) is 0. The van der Waals surface area contributed by atoms with Gasteiger partial charge in [-0.1, -0.05) is 0 Å². The molecule has 2 aromatic heterocycles. The van der Waals surface area contributed by atoms with E-state index >= 15 is 0 Å². The number of rotatable bonds is 0. The predicted octanol–water partition coefficient (Wildman–Crippen LogP) is 1.37. The maximum absolute atomic E-state index is 4.16. The second-order valence-electron chi connectivity index (χ2n) is 2.33. The van der Waals surface area contributed by atoms with Crippen LogP contribution in [0.15, 0.2) is 35.1 Å².